The fourth-order valence-corrected chi connectivity index (χ4v) is 5.19. The van der Waals surface area contributed by atoms with E-state index in [2.05, 4.69) is 18.0 Å². The molecule has 0 spiro atoms. The van der Waals surface area contributed by atoms with Gasteiger partial charge in [0.1, 0.15) is 10.7 Å². The Morgan fingerprint density at radius 2 is 2.08 bits per heavy atom. The van der Waals surface area contributed by atoms with Crippen molar-refractivity contribution in [3.05, 3.63) is 44.3 Å². The molecule has 3 aromatic heterocycles. The van der Waals surface area contributed by atoms with Crippen molar-refractivity contribution in [3.63, 3.8) is 0 Å². The average molecular weight is 372 g/mol. The Kier molecular flexibility index (Phi) is 4.12. The van der Waals surface area contributed by atoms with Crippen molar-refractivity contribution in [2.75, 3.05) is 7.05 Å². The van der Waals surface area contributed by atoms with Crippen LogP contribution in [0.15, 0.2) is 17.5 Å². The highest BCUT2D eigenvalue weighted by Crippen LogP contribution is 2.40. The molecule has 1 saturated carbocycles. The number of amides is 1. The quantitative estimate of drug-likeness (QED) is 0.642. The third kappa shape index (κ3) is 2.87. The first-order valence-electron chi connectivity index (χ1n) is 8.55. The van der Waals surface area contributed by atoms with Crippen molar-refractivity contribution in [1.82, 2.24) is 14.9 Å². The Hall–Kier alpha value is -1.79. The number of hydrogen-bond acceptors (Lipinski definition) is 5. The van der Waals surface area contributed by atoms with Crippen LogP contribution < -0.4 is 0 Å². The van der Waals surface area contributed by atoms with Crippen LogP contribution in [-0.4, -0.2) is 27.8 Å². The first-order valence-corrected chi connectivity index (χ1v) is 10.2. The monoisotopic (exact) mass is 371 g/mol. The molecule has 0 saturated heterocycles. The molecule has 0 aliphatic heterocycles. The SMILES string of the molecule is Cc1nc(C2CC2)nc2sc(C(=O)N(C)C(C)c3cccs3)c(C)c12. The van der Waals surface area contributed by atoms with Crippen LogP contribution >= 0.6 is 22.7 Å². The number of hydrogen-bond donors (Lipinski definition) is 0. The molecule has 0 bridgehead atoms. The van der Waals surface area contributed by atoms with Crippen LogP contribution in [0.25, 0.3) is 10.2 Å². The predicted molar refractivity (Wildman–Crippen MR) is 104 cm³/mol. The van der Waals surface area contributed by atoms with E-state index in [0.29, 0.717) is 5.92 Å². The van der Waals surface area contributed by atoms with Crippen molar-refractivity contribution in [2.24, 2.45) is 0 Å². The Balaban J connectivity index is 1.72. The van der Waals surface area contributed by atoms with Gasteiger partial charge < -0.3 is 4.90 Å². The van der Waals surface area contributed by atoms with Crippen molar-refractivity contribution >= 4 is 38.8 Å². The normalized spacial score (nSPS) is 15.5. The molecule has 1 aliphatic rings. The molecule has 130 valence electrons. The molecule has 0 aromatic carbocycles. The molecule has 1 amide bonds. The maximum absolute atomic E-state index is 13.1. The second kappa shape index (κ2) is 6.18. The summed E-state index contributed by atoms with van der Waals surface area (Å²) in [5, 5.41) is 3.10. The van der Waals surface area contributed by atoms with Gasteiger partial charge >= 0.3 is 0 Å². The summed E-state index contributed by atoms with van der Waals surface area (Å²) < 4.78 is 0. The lowest BCUT2D eigenvalue weighted by molar-refractivity contribution is 0.0749. The molecule has 3 heterocycles. The molecule has 4 rings (SSSR count). The Bertz CT molecular complexity index is 941. The van der Waals surface area contributed by atoms with E-state index in [-0.39, 0.29) is 11.9 Å². The zero-order valence-electron chi connectivity index (χ0n) is 14.9. The van der Waals surface area contributed by atoms with Gasteiger partial charge in [0, 0.05) is 23.2 Å². The van der Waals surface area contributed by atoms with Gasteiger partial charge in [-0.2, -0.15) is 0 Å². The summed E-state index contributed by atoms with van der Waals surface area (Å²) in [4.78, 5) is 27.3. The van der Waals surface area contributed by atoms with Gasteiger partial charge in [0.15, 0.2) is 0 Å². The van der Waals surface area contributed by atoms with Crippen LogP contribution in [0, 0.1) is 13.8 Å². The van der Waals surface area contributed by atoms with E-state index >= 15 is 0 Å². The van der Waals surface area contributed by atoms with Crippen LogP contribution in [0.3, 0.4) is 0 Å². The lowest BCUT2D eigenvalue weighted by Crippen LogP contribution is -2.29. The fraction of sp³-hybridized carbons (Fsp3) is 0.421. The summed E-state index contributed by atoms with van der Waals surface area (Å²) in [7, 11) is 1.88. The largest absolute Gasteiger partial charge is 0.333 e. The van der Waals surface area contributed by atoms with Gasteiger partial charge in [-0.1, -0.05) is 6.07 Å². The number of aromatic nitrogens is 2. The van der Waals surface area contributed by atoms with Gasteiger partial charge in [0.05, 0.1) is 16.6 Å². The number of thiophene rings is 2. The smallest absolute Gasteiger partial charge is 0.264 e. The zero-order valence-corrected chi connectivity index (χ0v) is 16.5. The molecule has 1 fully saturated rings. The van der Waals surface area contributed by atoms with Crippen LogP contribution in [0.5, 0.6) is 0 Å². The maximum atomic E-state index is 13.1. The fourth-order valence-electron chi connectivity index (χ4n) is 3.14. The molecule has 3 aromatic rings. The summed E-state index contributed by atoms with van der Waals surface area (Å²) in [6.45, 7) is 6.12. The molecule has 1 atom stereocenters. The third-order valence-electron chi connectivity index (χ3n) is 4.98. The van der Waals surface area contributed by atoms with E-state index in [0.717, 1.165) is 32.2 Å². The average Bonchev–Trinajstić information content (AvgIpc) is 3.19. The minimum Gasteiger partial charge on any atom is -0.333 e. The molecule has 0 N–H and O–H groups in total. The highest BCUT2D eigenvalue weighted by atomic mass is 32.1. The van der Waals surface area contributed by atoms with Gasteiger partial charge in [0.2, 0.25) is 0 Å². The van der Waals surface area contributed by atoms with Gasteiger partial charge in [-0.05, 0) is 50.6 Å². The number of nitrogens with zero attached hydrogens (tertiary/aromatic N) is 3. The van der Waals surface area contributed by atoms with Crippen molar-refractivity contribution < 1.29 is 4.79 Å². The minimum atomic E-state index is 0.0614. The highest BCUT2D eigenvalue weighted by Gasteiger charge is 2.29. The molecule has 6 heteroatoms. The predicted octanol–water partition coefficient (Wildman–Crippen LogP) is 5.08. The number of carbonyl (C=O) groups excluding carboxylic acids is 1. The second-order valence-corrected chi connectivity index (χ2v) is 8.76. The van der Waals surface area contributed by atoms with E-state index in [1.54, 1.807) is 11.3 Å². The van der Waals surface area contributed by atoms with Crippen LogP contribution in [0.4, 0.5) is 0 Å². The first kappa shape index (κ1) is 16.7. The van der Waals surface area contributed by atoms with Crippen LogP contribution in [0.1, 0.15) is 63.4 Å². The van der Waals surface area contributed by atoms with Gasteiger partial charge in [0.25, 0.3) is 5.91 Å². The van der Waals surface area contributed by atoms with Gasteiger partial charge in [-0.25, -0.2) is 9.97 Å². The summed E-state index contributed by atoms with van der Waals surface area (Å²) in [5.74, 6) is 1.53. The molecule has 1 aliphatic carbocycles. The number of aryl methyl sites for hydroxylation is 2. The van der Waals surface area contributed by atoms with E-state index in [1.165, 1.54) is 29.1 Å². The standard InChI is InChI=1S/C19H21N3OS2/c1-10-15-11(2)20-17(13-7-8-13)21-18(15)25-16(10)19(23)22(4)12(3)14-6-5-9-24-14/h5-6,9,12-13H,7-8H2,1-4H3. The van der Waals surface area contributed by atoms with E-state index in [4.69, 9.17) is 4.98 Å². The Morgan fingerprint density at radius 1 is 1.32 bits per heavy atom. The topological polar surface area (TPSA) is 46.1 Å². The number of rotatable bonds is 4. The Morgan fingerprint density at radius 3 is 2.72 bits per heavy atom. The zero-order chi connectivity index (χ0) is 17.7. The third-order valence-corrected chi connectivity index (χ3v) is 7.20. The summed E-state index contributed by atoms with van der Waals surface area (Å²) >= 11 is 3.19. The summed E-state index contributed by atoms with van der Waals surface area (Å²) in [5.41, 5.74) is 2.00. The van der Waals surface area contributed by atoms with Crippen molar-refractivity contribution in [3.8, 4) is 0 Å². The second-order valence-electron chi connectivity index (χ2n) is 6.79. The summed E-state index contributed by atoms with van der Waals surface area (Å²) in [6, 6.07) is 4.16. The van der Waals surface area contributed by atoms with Gasteiger partial charge in [-0.15, -0.1) is 22.7 Å². The van der Waals surface area contributed by atoms with E-state index in [9.17, 15) is 4.79 Å². The molecule has 25 heavy (non-hydrogen) atoms. The van der Waals surface area contributed by atoms with E-state index in [1.807, 2.05) is 37.2 Å². The number of fused-ring (bicyclic) bond motifs is 1. The van der Waals surface area contributed by atoms with Crippen molar-refractivity contribution in [2.45, 2.75) is 45.6 Å². The van der Waals surface area contributed by atoms with Gasteiger partial charge in [-0.3, -0.25) is 4.79 Å². The molecular formula is C19H21N3OS2. The minimum absolute atomic E-state index is 0.0614. The summed E-state index contributed by atoms with van der Waals surface area (Å²) in [6.07, 6.45) is 2.37. The van der Waals surface area contributed by atoms with Crippen LogP contribution in [0.2, 0.25) is 0 Å². The van der Waals surface area contributed by atoms with E-state index < -0.39 is 0 Å². The Labute approximate surface area is 155 Å². The van der Waals surface area contributed by atoms with Crippen LogP contribution in [-0.2, 0) is 0 Å². The van der Waals surface area contributed by atoms with Crippen molar-refractivity contribution in [1.29, 1.82) is 0 Å². The highest BCUT2D eigenvalue weighted by molar-refractivity contribution is 7.20. The first-order chi connectivity index (χ1) is 12.0. The number of carbonyl (C=O) groups is 1. The lowest BCUT2D eigenvalue weighted by Gasteiger charge is -2.23. The lowest BCUT2D eigenvalue weighted by atomic mass is 10.1. The molecule has 4 nitrogen and oxygen atoms in total. The molecule has 0 radical (unpaired) electrons. The molecular weight excluding hydrogens is 350 g/mol. The molecule has 1 unspecified atom stereocenters. The maximum Gasteiger partial charge on any atom is 0.264 e.